The van der Waals surface area contributed by atoms with Crippen molar-refractivity contribution < 1.29 is 9.32 Å². The summed E-state index contributed by atoms with van der Waals surface area (Å²) in [6, 6.07) is 0.246. The van der Waals surface area contributed by atoms with E-state index in [9.17, 15) is 4.79 Å². The first kappa shape index (κ1) is 16.1. The molecule has 1 aliphatic carbocycles. The van der Waals surface area contributed by atoms with Crippen molar-refractivity contribution >= 4 is 17.5 Å². The second-order valence-electron chi connectivity index (χ2n) is 6.16. The van der Waals surface area contributed by atoms with Gasteiger partial charge in [-0.1, -0.05) is 29.6 Å². The van der Waals surface area contributed by atoms with Gasteiger partial charge < -0.3 is 9.84 Å². The van der Waals surface area contributed by atoms with Gasteiger partial charge in [-0.3, -0.25) is 9.48 Å². The summed E-state index contributed by atoms with van der Waals surface area (Å²) in [5.74, 6) is 0.460. The average molecular weight is 337 g/mol. The van der Waals surface area contributed by atoms with Gasteiger partial charge in [-0.25, -0.2) is 0 Å². The molecule has 0 saturated heterocycles. The fourth-order valence-corrected chi connectivity index (χ4v) is 3.19. The molecule has 2 aromatic heterocycles. The Hall–Kier alpha value is -1.82. The van der Waals surface area contributed by atoms with Crippen molar-refractivity contribution in [3.8, 4) is 0 Å². The van der Waals surface area contributed by atoms with Crippen LogP contribution < -0.4 is 5.32 Å². The summed E-state index contributed by atoms with van der Waals surface area (Å²) in [6.45, 7) is 5.99. The molecule has 0 aliphatic heterocycles. The van der Waals surface area contributed by atoms with Gasteiger partial charge >= 0.3 is 0 Å². The smallest absolute Gasteiger partial charge is 0.274 e. The Kier molecular flexibility index (Phi) is 4.43. The molecule has 1 saturated carbocycles. The second-order valence-corrected chi connectivity index (χ2v) is 6.54. The van der Waals surface area contributed by atoms with Crippen LogP contribution in [0.4, 0.5) is 0 Å². The number of hydrogen-bond acceptors (Lipinski definition) is 4. The van der Waals surface area contributed by atoms with Gasteiger partial charge in [-0.05, 0) is 33.6 Å². The lowest BCUT2D eigenvalue weighted by Gasteiger charge is -2.11. The highest BCUT2D eigenvalue weighted by molar-refractivity contribution is 6.31. The minimum absolute atomic E-state index is 0.170. The Labute approximate surface area is 140 Å². The normalized spacial score (nSPS) is 15.3. The fraction of sp³-hybridized carbons (Fsp3) is 0.562. The number of carbonyl (C=O) groups is 1. The highest BCUT2D eigenvalue weighted by atomic mass is 35.5. The Balaban J connectivity index is 1.83. The Morgan fingerprint density at radius 2 is 2.04 bits per heavy atom. The molecule has 1 fully saturated rings. The molecule has 0 bridgehead atoms. The summed E-state index contributed by atoms with van der Waals surface area (Å²) >= 11 is 6.19. The minimum atomic E-state index is -0.170. The number of nitrogens with one attached hydrogen (secondary N) is 1. The zero-order valence-corrected chi connectivity index (χ0v) is 14.4. The molecule has 23 heavy (non-hydrogen) atoms. The van der Waals surface area contributed by atoms with Crippen LogP contribution in [0.5, 0.6) is 0 Å². The van der Waals surface area contributed by atoms with E-state index in [0.717, 1.165) is 29.8 Å². The number of carbonyl (C=O) groups excluding carboxylic acids is 1. The number of hydrogen-bond donors (Lipinski definition) is 1. The maximum absolute atomic E-state index is 12.5. The molecule has 0 radical (unpaired) electrons. The van der Waals surface area contributed by atoms with Crippen LogP contribution in [0.1, 0.15) is 58.9 Å². The predicted octanol–water partition coefficient (Wildman–Crippen LogP) is 3.17. The van der Waals surface area contributed by atoms with Gasteiger partial charge in [0.25, 0.3) is 5.91 Å². The predicted molar refractivity (Wildman–Crippen MR) is 86.8 cm³/mol. The first-order valence-corrected chi connectivity index (χ1v) is 8.30. The van der Waals surface area contributed by atoms with E-state index in [1.807, 2.05) is 20.8 Å². The maximum Gasteiger partial charge on any atom is 0.274 e. The van der Waals surface area contributed by atoms with Gasteiger partial charge in [0.05, 0.1) is 23.0 Å². The van der Waals surface area contributed by atoms with E-state index >= 15 is 0 Å². The number of aryl methyl sites for hydroxylation is 2. The lowest BCUT2D eigenvalue weighted by atomic mass is 10.1. The zero-order valence-electron chi connectivity index (χ0n) is 13.6. The van der Waals surface area contributed by atoms with Crippen LogP contribution >= 0.6 is 11.6 Å². The lowest BCUT2D eigenvalue weighted by Crippen LogP contribution is -2.33. The summed E-state index contributed by atoms with van der Waals surface area (Å²) in [6.07, 6.45) is 4.40. The zero-order chi connectivity index (χ0) is 16.6. The summed E-state index contributed by atoms with van der Waals surface area (Å²) in [4.78, 5) is 12.5. The van der Waals surface area contributed by atoms with E-state index in [0.29, 0.717) is 23.0 Å². The highest BCUT2D eigenvalue weighted by Gasteiger charge is 2.25. The molecule has 6 nitrogen and oxygen atoms in total. The van der Waals surface area contributed by atoms with Crippen molar-refractivity contribution in [3.05, 3.63) is 33.4 Å². The number of nitrogens with zero attached hydrogens (tertiary/aromatic N) is 3. The number of amides is 1. The molecule has 0 aromatic carbocycles. The second kappa shape index (κ2) is 6.35. The van der Waals surface area contributed by atoms with Crippen LogP contribution in [0.15, 0.2) is 4.52 Å². The lowest BCUT2D eigenvalue weighted by molar-refractivity contribution is 0.0927. The molecule has 124 valence electrons. The molecule has 0 spiro atoms. The maximum atomic E-state index is 12.5. The third-order valence-corrected chi connectivity index (χ3v) is 5.04. The number of rotatable bonds is 4. The summed E-state index contributed by atoms with van der Waals surface area (Å²) in [7, 11) is 0. The standard InChI is InChI=1S/C16H21ClN4O2/c1-9-14(17)10(2)21(19-9)8-13-11(3)23-20-15(13)16(22)18-12-6-4-5-7-12/h12H,4-8H2,1-3H3,(H,18,22). The molecule has 0 atom stereocenters. The third-order valence-electron chi connectivity index (χ3n) is 4.49. The number of halogens is 1. The van der Waals surface area contributed by atoms with Crippen molar-refractivity contribution in [2.24, 2.45) is 0 Å². The Morgan fingerprint density at radius 3 is 2.65 bits per heavy atom. The van der Waals surface area contributed by atoms with Crippen molar-refractivity contribution in [2.45, 2.75) is 59.0 Å². The van der Waals surface area contributed by atoms with Gasteiger partial charge in [0.2, 0.25) is 0 Å². The molecular weight excluding hydrogens is 316 g/mol. The monoisotopic (exact) mass is 336 g/mol. The van der Waals surface area contributed by atoms with Crippen LogP contribution in [0.25, 0.3) is 0 Å². The topological polar surface area (TPSA) is 73.0 Å². The van der Waals surface area contributed by atoms with Crippen LogP contribution in [0.3, 0.4) is 0 Å². The minimum Gasteiger partial charge on any atom is -0.361 e. The van der Waals surface area contributed by atoms with E-state index in [1.165, 1.54) is 12.8 Å². The molecule has 1 amide bonds. The summed E-state index contributed by atoms with van der Waals surface area (Å²) in [5.41, 5.74) is 2.74. The van der Waals surface area contributed by atoms with Crippen LogP contribution in [-0.2, 0) is 6.54 Å². The van der Waals surface area contributed by atoms with Crippen molar-refractivity contribution in [2.75, 3.05) is 0 Å². The number of aromatic nitrogens is 3. The molecule has 1 N–H and O–H groups in total. The molecule has 2 heterocycles. The van der Waals surface area contributed by atoms with E-state index in [4.69, 9.17) is 16.1 Å². The van der Waals surface area contributed by atoms with Gasteiger partial charge in [-0.2, -0.15) is 5.10 Å². The molecule has 1 aliphatic rings. The average Bonchev–Trinajstić information content (AvgIpc) is 3.20. The van der Waals surface area contributed by atoms with Crippen molar-refractivity contribution in [3.63, 3.8) is 0 Å². The van der Waals surface area contributed by atoms with Gasteiger partial charge in [0.1, 0.15) is 5.76 Å². The first-order valence-electron chi connectivity index (χ1n) is 7.93. The SMILES string of the molecule is Cc1nn(Cc2c(C(=O)NC3CCCC3)noc2C)c(C)c1Cl. The first-order chi connectivity index (χ1) is 11.0. The Morgan fingerprint density at radius 1 is 1.35 bits per heavy atom. The quantitative estimate of drug-likeness (QED) is 0.930. The highest BCUT2D eigenvalue weighted by Crippen LogP contribution is 2.23. The van der Waals surface area contributed by atoms with Crippen molar-refractivity contribution in [1.82, 2.24) is 20.3 Å². The van der Waals surface area contributed by atoms with E-state index in [-0.39, 0.29) is 11.9 Å². The fourth-order valence-electron chi connectivity index (χ4n) is 3.06. The van der Waals surface area contributed by atoms with E-state index < -0.39 is 0 Å². The van der Waals surface area contributed by atoms with Gasteiger partial charge in [0.15, 0.2) is 5.69 Å². The van der Waals surface area contributed by atoms with Gasteiger partial charge in [0, 0.05) is 11.6 Å². The molecular formula is C16H21ClN4O2. The third kappa shape index (κ3) is 3.13. The Bertz CT molecular complexity index is 729. The molecule has 3 rings (SSSR count). The summed E-state index contributed by atoms with van der Waals surface area (Å²) in [5, 5.41) is 12.1. The van der Waals surface area contributed by atoms with Gasteiger partial charge in [-0.15, -0.1) is 0 Å². The molecule has 7 heteroatoms. The van der Waals surface area contributed by atoms with Crippen LogP contribution in [-0.4, -0.2) is 26.9 Å². The molecule has 0 unspecified atom stereocenters. The van der Waals surface area contributed by atoms with E-state index in [2.05, 4.69) is 15.6 Å². The van der Waals surface area contributed by atoms with Crippen LogP contribution in [0.2, 0.25) is 5.02 Å². The van der Waals surface area contributed by atoms with E-state index in [1.54, 1.807) is 4.68 Å². The largest absolute Gasteiger partial charge is 0.361 e. The summed E-state index contributed by atoms with van der Waals surface area (Å²) < 4.78 is 7.03. The molecule has 2 aromatic rings. The van der Waals surface area contributed by atoms with Crippen LogP contribution in [0, 0.1) is 20.8 Å². The van der Waals surface area contributed by atoms with Crippen molar-refractivity contribution in [1.29, 1.82) is 0 Å².